The molecule has 172 valence electrons. The zero-order valence-corrected chi connectivity index (χ0v) is 19.1. The van der Waals surface area contributed by atoms with Crippen molar-refractivity contribution >= 4 is 22.4 Å². The molecule has 0 N–H and O–H groups in total. The van der Waals surface area contributed by atoms with Crippen LogP contribution in [-0.4, -0.2) is 37.1 Å². The largest absolute Gasteiger partial charge is 0.477 e. The number of hydrogen-bond acceptors (Lipinski definition) is 4. The summed E-state index contributed by atoms with van der Waals surface area (Å²) in [6, 6.07) is 28.1. The van der Waals surface area contributed by atoms with Crippen molar-refractivity contribution in [3.8, 4) is 5.75 Å². The van der Waals surface area contributed by atoms with Crippen LogP contribution in [0, 0.1) is 0 Å². The minimum Gasteiger partial charge on any atom is -0.477 e. The predicted octanol–water partition coefficient (Wildman–Crippen LogP) is 5.86. The van der Waals surface area contributed by atoms with Crippen molar-refractivity contribution in [1.82, 2.24) is 4.90 Å². The van der Waals surface area contributed by atoms with Crippen LogP contribution in [0.3, 0.4) is 0 Å². The van der Waals surface area contributed by atoms with E-state index >= 15 is 0 Å². The lowest BCUT2D eigenvalue weighted by molar-refractivity contribution is -0.129. The van der Waals surface area contributed by atoms with Crippen LogP contribution in [0.2, 0.25) is 0 Å². The fourth-order valence-electron chi connectivity index (χ4n) is 4.17. The Morgan fingerprint density at radius 2 is 1.56 bits per heavy atom. The highest BCUT2D eigenvalue weighted by Crippen LogP contribution is 2.36. The molecule has 0 radical (unpaired) electrons. The second kappa shape index (κ2) is 9.98. The number of carbonyl (C=O) groups excluding carboxylic acids is 1. The smallest absolute Gasteiger partial charge is 0.247 e. The van der Waals surface area contributed by atoms with Gasteiger partial charge in [-0.2, -0.15) is 0 Å². The monoisotopic (exact) mass is 453 g/mol. The van der Waals surface area contributed by atoms with E-state index < -0.39 is 0 Å². The van der Waals surface area contributed by atoms with Crippen molar-refractivity contribution in [2.75, 3.05) is 26.3 Å². The summed E-state index contributed by atoms with van der Waals surface area (Å²) in [6.45, 7) is 4.28. The number of furan rings is 1. The molecule has 4 aromatic rings. The van der Waals surface area contributed by atoms with Crippen LogP contribution in [-0.2, 0) is 9.53 Å². The number of morpholine rings is 1. The third-order valence-corrected chi connectivity index (χ3v) is 6.01. The molecule has 5 rings (SSSR count). The summed E-state index contributed by atoms with van der Waals surface area (Å²) in [6.07, 6.45) is 1.36. The van der Waals surface area contributed by atoms with Crippen molar-refractivity contribution in [1.29, 1.82) is 0 Å². The quantitative estimate of drug-likeness (QED) is 0.343. The molecule has 2 heterocycles. The van der Waals surface area contributed by atoms with Gasteiger partial charge < -0.3 is 18.8 Å². The number of rotatable bonds is 6. The summed E-state index contributed by atoms with van der Waals surface area (Å²) >= 11 is 0. The van der Waals surface area contributed by atoms with E-state index in [1.165, 1.54) is 0 Å². The van der Waals surface area contributed by atoms with Gasteiger partial charge in [0.05, 0.1) is 13.2 Å². The highest BCUT2D eigenvalue weighted by Gasteiger charge is 2.20. The first-order valence-corrected chi connectivity index (χ1v) is 11.5. The zero-order chi connectivity index (χ0) is 23.3. The van der Waals surface area contributed by atoms with Gasteiger partial charge in [0.2, 0.25) is 5.91 Å². The van der Waals surface area contributed by atoms with Crippen molar-refractivity contribution in [3.05, 3.63) is 108 Å². The molecule has 5 heteroatoms. The molecule has 1 aliphatic rings. The van der Waals surface area contributed by atoms with E-state index in [0.717, 1.165) is 22.1 Å². The first-order valence-electron chi connectivity index (χ1n) is 11.5. The average Bonchev–Trinajstić information content (AvgIpc) is 3.34. The molecular formula is C29H27NO4. The Morgan fingerprint density at radius 1 is 0.912 bits per heavy atom. The minimum atomic E-state index is -0.277. The summed E-state index contributed by atoms with van der Waals surface area (Å²) < 4.78 is 18.1. The van der Waals surface area contributed by atoms with Gasteiger partial charge in [0.1, 0.15) is 11.9 Å². The lowest BCUT2D eigenvalue weighted by atomic mass is 10.0. The lowest BCUT2D eigenvalue weighted by Crippen LogP contribution is -2.39. The van der Waals surface area contributed by atoms with Crippen molar-refractivity contribution in [2.24, 2.45) is 0 Å². The van der Waals surface area contributed by atoms with E-state index in [0.29, 0.717) is 43.4 Å². The van der Waals surface area contributed by atoms with E-state index in [4.69, 9.17) is 13.9 Å². The molecule has 0 bridgehead atoms. The van der Waals surface area contributed by atoms with Gasteiger partial charge in [-0.25, -0.2) is 0 Å². The average molecular weight is 454 g/mol. The standard InChI is InChI=1S/C29H27NO4/c1-21(19-27(31)30-15-17-32-18-16-30)26-20-24-13-8-14-25(29(24)34-26)33-28(22-9-4-2-5-10-22)23-11-6-3-7-12-23/h2-14,19-20,28H,15-18H2,1H3/b21-19-. The van der Waals surface area contributed by atoms with E-state index in [1.807, 2.05) is 67.6 Å². The molecule has 34 heavy (non-hydrogen) atoms. The number of carbonyl (C=O) groups is 1. The first-order chi connectivity index (χ1) is 16.7. The third kappa shape index (κ3) is 4.75. The second-order valence-electron chi connectivity index (χ2n) is 8.37. The van der Waals surface area contributed by atoms with Crippen LogP contribution in [0.1, 0.15) is 29.9 Å². The second-order valence-corrected chi connectivity index (χ2v) is 8.37. The molecule has 1 fully saturated rings. The topological polar surface area (TPSA) is 51.9 Å². The highest BCUT2D eigenvalue weighted by atomic mass is 16.5. The van der Waals surface area contributed by atoms with Crippen LogP contribution in [0.25, 0.3) is 16.5 Å². The van der Waals surface area contributed by atoms with Gasteiger partial charge in [0.15, 0.2) is 11.3 Å². The van der Waals surface area contributed by atoms with Gasteiger partial charge in [-0.15, -0.1) is 0 Å². The van der Waals surface area contributed by atoms with Crippen molar-refractivity contribution in [2.45, 2.75) is 13.0 Å². The number of nitrogens with zero attached hydrogens (tertiary/aromatic N) is 1. The molecule has 1 amide bonds. The van der Waals surface area contributed by atoms with Gasteiger partial charge >= 0.3 is 0 Å². The molecule has 0 unspecified atom stereocenters. The van der Waals surface area contributed by atoms with Gasteiger partial charge in [-0.1, -0.05) is 72.8 Å². The molecule has 1 aliphatic heterocycles. The Kier molecular flexibility index (Phi) is 6.45. The Labute approximate surface area is 199 Å². The Balaban J connectivity index is 1.46. The number of para-hydroxylation sites is 1. The zero-order valence-electron chi connectivity index (χ0n) is 19.1. The summed E-state index contributed by atoms with van der Waals surface area (Å²) in [5, 5.41) is 0.930. The summed E-state index contributed by atoms with van der Waals surface area (Å²) in [4.78, 5) is 14.5. The van der Waals surface area contributed by atoms with E-state index in [1.54, 1.807) is 11.0 Å². The fraction of sp³-hybridized carbons (Fsp3) is 0.207. The molecule has 0 saturated carbocycles. The van der Waals surface area contributed by atoms with Crippen LogP contribution in [0.5, 0.6) is 5.75 Å². The molecular weight excluding hydrogens is 426 g/mol. The minimum absolute atomic E-state index is 0.0223. The highest BCUT2D eigenvalue weighted by molar-refractivity contribution is 5.96. The van der Waals surface area contributed by atoms with Crippen LogP contribution < -0.4 is 4.74 Å². The van der Waals surface area contributed by atoms with Gasteiger partial charge in [0, 0.05) is 24.6 Å². The van der Waals surface area contributed by atoms with E-state index in [2.05, 4.69) is 24.3 Å². The molecule has 0 aliphatic carbocycles. The molecule has 1 aromatic heterocycles. The molecule has 5 nitrogen and oxygen atoms in total. The molecule has 0 atom stereocenters. The maximum absolute atomic E-state index is 12.7. The summed E-state index contributed by atoms with van der Waals surface area (Å²) in [5.41, 5.74) is 3.57. The van der Waals surface area contributed by atoms with Crippen molar-refractivity contribution in [3.63, 3.8) is 0 Å². The SMILES string of the molecule is C/C(=C/C(=O)N1CCOCC1)c1cc2cccc(OC(c3ccccc3)c3ccccc3)c2o1. The van der Waals surface area contributed by atoms with E-state index in [9.17, 15) is 4.79 Å². The van der Waals surface area contributed by atoms with Gasteiger partial charge in [-0.3, -0.25) is 4.79 Å². The van der Waals surface area contributed by atoms with Crippen LogP contribution >= 0.6 is 0 Å². The van der Waals surface area contributed by atoms with Crippen LogP contribution in [0.15, 0.2) is 95.4 Å². The number of amides is 1. The fourth-order valence-corrected chi connectivity index (χ4v) is 4.17. The first kappa shape index (κ1) is 22.0. The molecule has 3 aromatic carbocycles. The Bertz CT molecular complexity index is 1250. The molecule has 0 spiro atoms. The number of hydrogen-bond donors (Lipinski definition) is 0. The number of benzene rings is 3. The summed E-state index contributed by atoms with van der Waals surface area (Å²) in [5.74, 6) is 1.29. The summed E-state index contributed by atoms with van der Waals surface area (Å²) in [7, 11) is 0. The predicted molar refractivity (Wildman–Crippen MR) is 133 cm³/mol. The number of allylic oxidation sites excluding steroid dienone is 1. The Hall–Kier alpha value is -3.83. The lowest BCUT2D eigenvalue weighted by Gasteiger charge is -2.25. The molecule has 1 saturated heterocycles. The van der Waals surface area contributed by atoms with Gasteiger partial charge in [-0.05, 0) is 35.8 Å². The maximum Gasteiger partial charge on any atom is 0.247 e. The normalized spacial score (nSPS) is 14.5. The number of ether oxygens (including phenoxy) is 2. The Morgan fingerprint density at radius 3 is 2.21 bits per heavy atom. The van der Waals surface area contributed by atoms with E-state index in [-0.39, 0.29) is 12.0 Å². The van der Waals surface area contributed by atoms with Gasteiger partial charge in [0.25, 0.3) is 0 Å². The third-order valence-electron chi connectivity index (χ3n) is 6.01. The van der Waals surface area contributed by atoms with Crippen LogP contribution in [0.4, 0.5) is 0 Å². The maximum atomic E-state index is 12.7. The van der Waals surface area contributed by atoms with Crippen molar-refractivity contribution < 1.29 is 18.7 Å². The number of fused-ring (bicyclic) bond motifs is 1.